The topological polar surface area (TPSA) is 87.2 Å². The monoisotopic (exact) mass is 386 g/mol. The molecule has 150 valence electrons. The zero-order valence-electron chi connectivity index (χ0n) is 16.1. The molecule has 7 nitrogen and oxygen atoms in total. The van der Waals surface area contributed by atoms with Gasteiger partial charge in [0.15, 0.2) is 0 Å². The molecule has 28 heavy (non-hydrogen) atoms. The summed E-state index contributed by atoms with van der Waals surface area (Å²) in [6, 6.07) is 5.93. The third-order valence-electron chi connectivity index (χ3n) is 6.45. The second-order valence-corrected chi connectivity index (χ2v) is 8.32. The summed E-state index contributed by atoms with van der Waals surface area (Å²) >= 11 is 0. The number of ether oxygens (including phenoxy) is 1. The van der Waals surface area contributed by atoms with Crippen LogP contribution in [0.4, 0.5) is 0 Å². The van der Waals surface area contributed by atoms with Crippen LogP contribution in [0.1, 0.15) is 42.5 Å². The van der Waals surface area contributed by atoms with Gasteiger partial charge in [-0.05, 0) is 61.8 Å². The van der Waals surface area contributed by atoms with E-state index in [9.17, 15) is 19.5 Å². The molecule has 2 heterocycles. The molecule has 0 bridgehead atoms. The van der Waals surface area contributed by atoms with E-state index in [0.717, 1.165) is 25.7 Å². The highest BCUT2D eigenvalue weighted by Crippen LogP contribution is 2.45. The van der Waals surface area contributed by atoms with Gasteiger partial charge in [-0.3, -0.25) is 9.59 Å². The zero-order chi connectivity index (χ0) is 19.9. The molecule has 0 radical (unpaired) electrons. The number of carboxylic acids is 1. The van der Waals surface area contributed by atoms with Crippen LogP contribution >= 0.6 is 0 Å². The van der Waals surface area contributed by atoms with Crippen molar-refractivity contribution in [2.45, 2.75) is 38.1 Å². The average molecular weight is 386 g/mol. The van der Waals surface area contributed by atoms with Crippen molar-refractivity contribution in [2.24, 2.45) is 11.3 Å². The molecule has 2 amide bonds. The fraction of sp³-hybridized carbons (Fsp3) is 0.571. The minimum atomic E-state index is -0.963. The van der Waals surface area contributed by atoms with Gasteiger partial charge in [0.05, 0.1) is 7.11 Å². The van der Waals surface area contributed by atoms with Gasteiger partial charge in [-0.25, -0.2) is 4.79 Å². The van der Waals surface area contributed by atoms with Crippen molar-refractivity contribution in [3.63, 3.8) is 0 Å². The standard InChI is InChI=1S/C21H26N2O5/c1-28-16-6-4-15(5-7-16)19(25)23-13-21(12-17(23)20(26)27)8-10-22(11-9-21)18(24)14-2-3-14/h4-7,14,17H,2-3,8-13H2,1H3,(H,26,27)/t17-/m0/s1. The summed E-state index contributed by atoms with van der Waals surface area (Å²) in [5, 5.41) is 9.72. The number of aliphatic carboxylic acids is 1. The number of carboxylic acid groups (broad SMARTS) is 1. The number of likely N-dealkylation sites (tertiary alicyclic amines) is 2. The smallest absolute Gasteiger partial charge is 0.326 e. The molecular formula is C21H26N2O5. The highest BCUT2D eigenvalue weighted by molar-refractivity contribution is 5.97. The van der Waals surface area contributed by atoms with Crippen LogP contribution in [-0.4, -0.2) is 65.5 Å². The second-order valence-electron chi connectivity index (χ2n) is 8.32. The SMILES string of the molecule is COc1ccc(C(=O)N2CC3(CCN(C(=O)C4CC4)CC3)C[C@H]2C(=O)O)cc1. The van der Waals surface area contributed by atoms with E-state index >= 15 is 0 Å². The lowest BCUT2D eigenvalue weighted by Crippen LogP contribution is -2.45. The van der Waals surface area contributed by atoms with Crippen molar-refractivity contribution in [3.05, 3.63) is 29.8 Å². The number of hydrogen-bond acceptors (Lipinski definition) is 4. The van der Waals surface area contributed by atoms with Crippen molar-refractivity contribution < 1.29 is 24.2 Å². The Morgan fingerprint density at radius 3 is 2.29 bits per heavy atom. The van der Waals surface area contributed by atoms with Crippen molar-refractivity contribution >= 4 is 17.8 Å². The van der Waals surface area contributed by atoms with E-state index in [1.807, 2.05) is 4.90 Å². The number of piperidine rings is 1. The first kappa shape index (κ1) is 18.8. The fourth-order valence-electron chi connectivity index (χ4n) is 4.54. The summed E-state index contributed by atoms with van der Waals surface area (Å²) in [6.45, 7) is 1.75. The highest BCUT2D eigenvalue weighted by Gasteiger charge is 2.50. The van der Waals surface area contributed by atoms with E-state index in [0.29, 0.717) is 37.4 Å². The lowest BCUT2D eigenvalue weighted by molar-refractivity contribution is -0.141. The van der Waals surface area contributed by atoms with Gasteiger partial charge in [-0.1, -0.05) is 0 Å². The molecule has 3 aliphatic rings. The van der Waals surface area contributed by atoms with Crippen LogP contribution in [0, 0.1) is 11.3 Å². The first-order valence-electron chi connectivity index (χ1n) is 9.89. The summed E-state index contributed by atoms with van der Waals surface area (Å²) in [5.41, 5.74) is 0.247. The number of carbonyl (C=O) groups excluding carboxylic acids is 2. The molecule has 4 rings (SSSR count). The minimum absolute atomic E-state index is 0.206. The van der Waals surface area contributed by atoms with Crippen molar-refractivity contribution in [2.75, 3.05) is 26.7 Å². The third-order valence-corrected chi connectivity index (χ3v) is 6.45. The van der Waals surface area contributed by atoms with Crippen LogP contribution in [0.2, 0.25) is 0 Å². The molecule has 2 aliphatic heterocycles. The Bertz CT molecular complexity index is 778. The number of hydrogen-bond donors (Lipinski definition) is 1. The molecule has 1 atom stereocenters. The van der Waals surface area contributed by atoms with Crippen LogP contribution in [0.15, 0.2) is 24.3 Å². The maximum absolute atomic E-state index is 13.0. The molecule has 1 aromatic rings. The minimum Gasteiger partial charge on any atom is -0.497 e. The van der Waals surface area contributed by atoms with E-state index in [1.165, 1.54) is 4.90 Å². The highest BCUT2D eigenvalue weighted by atomic mass is 16.5. The van der Waals surface area contributed by atoms with Crippen LogP contribution < -0.4 is 4.74 Å². The van der Waals surface area contributed by atoms with Crippen LogP contribution in [-0.2, 0) is 9.59 Å². The van der Waals surface area contributed by atoms with E-state index in [1.54, 1.807) is 31.4 Å². The second kappa shape index (κ2) is 7.11. The first-order chi connectivity index (χ1) is 13.4. The number of amides is 2. The van der Waals surface area contributed by atoms with E-state index in [4.69, 9.17) is 4.74 Å². The van der Waals surface area contributed by atoms with Gasteiger partial charge >= 0.3 is 5.97 Å². The number of nitrogens with zero attached hydrogens (tertiary/aromatic N) is 2. The number of rotatable bonds is 4. The molecule has 1 saturated carbocycles. The molecule has 0 unspecified atom stereocenters. The van der Waals surface area contributed by atoms with Crippen molar-refractivity contribution in [1.29, 1.82) is 0 Å². The molecule has 7 heteroatoms. The van der Waals surface area contributed by atoms with Gasteiger partial charge in [0.1, 0.15) is 11.8 Å². The molecule has 2 saturated heterocycles. The lowest BCUT2D eigenvalue weighted by Gasteiger charge is -2.39. The van der Waals surface area contributed by atoms with Gasteiger partial charge < -0.3 is 19.6 Å². The molecule has 1 N–H and O–H groups in total. The predicted octanol–water partition coefficient (Wildman–Crippen LogP) is 2.01. The molecule has 0 aromatic heterocycles. The van der Waals surface area contributed by atoms with Crippen molar-refractivity contribution in [1.82, 2.24) is 9.80 Å². The van der Waals surface area contributed by atoms with Gasteiger partial charge in [0.2, 0.25) is 5.91 Å². The summed E-state index contributed by atoms with van der Waals surface area (Å²) < 4.78 is 5.12. The Balaban J connectivity index is 1.48. The lowest BCUT2D eigenvalue weighted by atomic mass is 9.76. The third kappa shape index (κ3) is 3.45. The fourth-order valence-corrected chi connectivity index (χ4v) is 4.54. The Morgan fingerprint density at radius 1 is 1.11 bits per heavy atom. The van der Waals surface area contributed by atoms with Crippen LogP contribution in [0.25, 0.3) is 0 Å². The normalized spacial score (nSPS) is 23.7. The van der Waals surface area contributed by atoms with Gasteiger partial charge in [-0.2, -0.15) is 0 Å². The first-order valence-corrected chi connectivity index (χ1v) is 9.89. The largest absolute Gasteiger partial charge is 0.497 e. The molecule has 1 spiro atoms. The molecular weight excluding hydrogens is 360 g/mol. The zero-order valence-corrected chi connectivity index (χ0v) is 16.1. The van der Waals surface area contributed by atoms with Gasteiger partial charge in [0.25, 0.3) is 5.91 Å². The predicted molar refractivity (Wildman–Crippen MR) is 101 cm³/mol. The molecule has 1 aromatic carbocycles. The van der Waals surface area contributed by atoms with E-state index in [-0.39, 0.29) is 23.1 Å². The Hall–Kier alpha value is -2.57. The van der Waals surface area contributed by atoms with Crippen LogP contribution in [0.3, 0.4) is 0 Å². The summed E-state index contributed by atoms with van der Waals surface area (Å²) in [7, 11) is 1.56. The average Bonchev–Trinajstić information content (AvgIpc) is 3.50. The number of carbonyl (C=O) groups is 3. The van der Waals surface area contributed by atoms with E-state index < -0.39 is 12.0 Å². The van der Waals surface area contributed by atoms with Crippen molar-refractivity contribution in [3.8, 4) is 5.75 Å². The summed E-state index contributed by atoms with van der Waals surface area (Å²) in [4.78, 5) is 40.6. The molecule has 1 aliphatic carbocycles. The summed E-state index contributed by atoms with van der Waals surface area (Å²) in [6.07, 6.45) is 3.94. The number of methoxy groups -OCH3 is 1. The Kier molecular flexibility index (Phi) is 4.77. The Labute approximate surface area is 164 Å². The maximum atomic E-state index is 13.0. The van der Waals surface area contributed by atoms with Gasteiger partial charge in [-0.15, -0.1) is 0 Å². The van der Waals surface area contributed by atoms with Gasteiger partial charge in [0, 0.05) is 31.1 Å². The maximum Gasteiger partial charge on any atom is 0.326 e. The molecule has 3 fully saturated rings. The summed E-state index contributed by atoms with van der Waals surface area (Å²) in [5.74, 6) is -0.123. The Morgan fingerprint density at radius 2 is 1.75 bits per heavy atom. The van der Waals surface area contributed by atoms with Crippen LogP contribution in [0.5, 0.6) is 5.75 Å². The quantitative estimate of drug-likeness (QED) is 0.855. The number of benzene rings is 1. The van der Waals surface area contributed by atoms with E-state index in [2.05, 4.69) is 0 Å².